The minimum Gasteiger partial charge on any atom is -0.442 e. The second kappa shape index (κ2) is 11.0. The summed E-state index contributed by atoms with van der Waals surface area (Å²) in [5, 5.41) is 7.27. The number of ketones is 1. The second-order valence-corrected chi connectivity index (χ2v) is 11.3. The molecule has 1 N–H and O–H groups in total. The highest BCUT2D eigenvalue weighted by Crippen LogP contribution is 2.35. The van der Waals surface area contributed by atoms with E-state index in [1.807, 2.05) is 32.9 Å². The van der Waals surface area contributed by atoms with Crippen molar-refractivity contribution in [1.82, 2.24) is 34.6 Å². The van der Waals surface area contributed by atoms with Crippen LogP contribution in [0.2, 0.25) is 0 Å². The number of aromatic nitrogens is 6. The molecular weight excluding hydrogens is 537 g/mol. The van der Waals surface area contributed by atoms with Crippen LogP contribution in [0.3, 0.4) is 0 Å². The highest BCUT2D eigenvalue weighted by Gasteiger charge is 2.34. The zero-order valence-electron chi connectivity index (χ0n) is 23.2. The summed E-state index contributed by atoms with van der Waals surface area (Å²) in [6.45, 7) is 5.12. The Morgan fingerprint density at radius 3 is 2.63 bits per heavy atom. The molecule has 1 atom stereocenters. The number of anilines is 2. The number of rotatable bonds is 7. The smallest absolute Gasteiger partial charge is 0.401 e. The van der Waals surface area contributed by atoms with Gasteiger partial charge < -0.3 is 9.73 Å². The summed E-state index contributed by atoms with van der Waals surface area (Å²) in [5.41, 5.74) is 2.50. The molecule has 1 aromatic carbocycles. The van der Waals surface area contributed by atoms with Crippen molar-refractivity contribution in [2.45, 2.75) is 57.7 Å². The van der Waals surface area contributed by atoms with E-state index in [1.54, 1.807) is 30.1 Å². The van der Waals surface area contributed by atoms with Crippen LogP contribution in [0.15, 0.2) is 47.5 Å². The molecule has 4 heterocycles. The second-order valence-electron chi connectivity index (χ2n) is 11.3. The predicted molar refractivity (Wildman–Crippen MR) is 145 cm³/mol. The van der Waals surface area contributed by atoms with Gasteiger partial charge in [-0.1, -0.05) is 32.9 Å². The topological polar surface area (TPSA) is 115 Å². The van der Waals surface area contributed by atoms with Crippen LogP contribution in [0.4, 0.5) is 24.9 Å². The molecule has 0 aliphatic carbocycles. The lowest BCUT2D eigenvalue weighted by Gasteiger charge is -2.22. The summed E-state index contributed by atoms with van der Waals surface area (Å²) in [4.78, 5) is 31.8. The van der Waals surface area contributed by atoms with Crippen molar-refractivity contribution in [3.8, 4) is 11.4 Å². The molecule has 4 aromatic rings. The SMILES string of the molecule is Cn1ccc(Nc2ncnc(-c3ccc4c(c3)CN(CC(F)(F)F)CC[C@H]4CC(=O)c3nc(C(C)(C)C)co3)n2)n1. The lowest BCUT2D eigenvalue weighted by Crippen LogP contribution is -2.34. The van der Waals surface area contributed by atoms with Crippen molar-refractivity contribution in [3.63, 3.8) is 0 Å². The molecule has 0 fully saturated rings. The van der Waals surface area contributed by atoms with Crippen molar-refractivity contribution in [2.24, 2.45) is 7.05 Å². The molecular formula is C28H31F3N8O2. The number of nitrogens with zero attached hydrogens (tertiary/aromatic N) is 7. The van der Waals surface area contributed by atoms with E-state index in [1.165, 1.54) is 17.5 Å². The van der Waals surface area contributed by atoms with Gasteiger partial charge in [0.1, 0.15) is 12.6 Å². The van der Waals surface area contributed by atoms with E-state index in [2.05, 4.69) is 30.4 Å². The number of hydrogen-bond donors (Lipinski definition) is 1. The Hall–Kier alpha value is -4.13. The monoisotopic (exact) mass is 568 g/mol. The maximum absolute atomic E-state index is 13.4. The van der Waals surface area contributed by atoms with E-state index in [0.717, 1.165) is 5.56 Å². The van der Waals surface area contributed by atoms with Crippen LogP contribution in [0, 0.1) is 0 Å². The van der Waals surface area contributed by atoms with Crippen LogP contribution in [0.5, 0.6) is 0 Å². The minimum absolute atomic E-state index is 0.0163. The number of halogens is 3. The lowest BCUT2D eigenvalue weighted by atomic mass is 9.87. The summed E-state index contributed by atoms with van der Waals surface area (Å²) in [6, 6.07) is 7.24. The van der Waals surface area contributed by atoms with Crippen LogP contribution in [0.25, 0.3) is 11.4 Å². The number of carbonyl (C=O) groups is 1. The molecule has 0 unspecified atom stereocenters. The van der Waals surface area contributed by atoms with E-state index in [4.69, 9.17) is 4.42 Å². The van der Waals surface area contributed by atoms with Gasteiger partial charge in [0.2, 0.25) is 11.7 Å². The first kappa shape index (κ1) is 28.4. The maximum Gasteiger partial charge on any atom is 0.401 e. The fraction of sp³-hybridized carbons (Fsp3) is 0.429. The fourth-order valence-electron chi connectivity index (χ4n) is 4.84. The van der Waals surface area contributed by atoms with Gasteiger partial charge in [0.05, 0.1) is 12.2 Å². The number of fused-ring (bicyclic) bond motifs is 1. The maximum atomic E-state index is 13.4. The zero-order valence-corrected chi connectivity index (χ0v) is 23.2. The molecule has 41 heavy (non-hydrogen) atoms. The van der Waals surface area contributed by atoms with Crippen LogP contribution >= 0.6 is 0 Å². The summed E-state index contributed by atoms with van der Waals surface area (Å²) < 4.78 is 47.3. The average Bonchev–Trinajstić information content (AvgIpc) is 3.52. The standard InChI is InChI=1S/C28H31F3N8O2/c1-27(2,3)22-14-41-25(34-22)21(40)12-17-7-10-39(15-28(29,30)31)13-19-11-18(5-6-20(17)19)24-32-16-33-26(36-24)35-23-8-9-38(4)37-23/h5-6,8-9,11,14,16-17H,7,10,12-13,15H2,1-4H3,(H,32,33,35,36,37)/t17-/m0/s1. The molecule has 10 nitrogen and oxygen atoms in total. The Morgan fingerprint density at radius 1 is 1.15 bits per heavy atom. The van der Waals surface area contributed by atoms with E-state index in [-0.39, 0.29) is 48.5 Å². The van der Waals surface area contributed by atoms with E-state index in [0.29, 0.717) is 34.9 Å². The van der Waals surface area contributed by atoms with E-state index in [9.17, 15) is 18.0 Å². The molecule has 1 aliphatic rings. The highest BCUT2D eigenvalue weighted by molar-refractivity contribution is 5.92. The molecule has 0 spiro atoms. The quantitative estimate of drug-likeness (QED) is 0.292. The molecule has 3 aromatic heterocycles. The van der Waals surface area contributed by atoms with E-state index >= 15 is 0 Å². The van der Waals surface area contributed by atoms with Crippen molar-refractivity contribution in [2.75, 3.05) is 18.4 Å². The van der Waals surface area contributed by atoms with Gasteiger partial charge in [-0.2, -0.15) is 23.3 Å². The predicted octanol–water partition coefficient (Wildman–Crippen LogP) is 5.43. The molecule has 5 rings (SSSR count). The number of aryl methyl sites for hydroxylation is 1. The van der Waals surface area contributed by atoms with Crippen molar-refractivity contribution in [3.05, 3.63) is 65.8 Å². The number of oxazole rings is 1. The van der Waals surface area contributed by atoms with Gasteiger partial charge in [-0.05, 0) is 36.1 Å². The first-order valence-corrected chi connectivity index (χ1v) is 13.2. The summed E-state index contributed by atoms with van der Waals surface area (Å²) in [6.07, 6.45) is 0.715. The average molecular weight is 569 g/mol. The van der Waals surface area contributed by atoms with Crippen LogP contribution in [-0.4, -0.2) is 59.7 Å². The first-order chi connectivity index (χ1) is 19.3. The van der Waals surface area contributed by atoms with Crippen molar-refractivity contribution in [1.29, 1.82) is 0 Å². The zero-order chi connectivity index (χ0) is 29.4. The Labute approximate surface area is 235 Å². The Balaban J connectivity index is 1.43. The third-order valence-corrected chi connectivity index (χ3v) is 6.90. The molecule has 0 bridgehead atoms. The molecule has 13 heteroatoms. The van der Waals surface area contributed by atoms with Crippen LogP contribution < -0.4 is 5.32 Å². The molecule has 0 radical (unpaired) electrons. The number of benzene rings is 1. The Bertz CT molecular complexity index is 1540. The Kier molecular flexibility index (Phi) is 7.64. The van der Waals surface area contributed by atoms with E-state index < -0.39 is 12.7 Å². The van der Waals surface area contributed by atoms with Gasteiger partial charge in [-0.15, -0.1) is 0 Å². The first-order valence-electron chi connectivity index (χ1n) is 13.2. The number of hydrogen-bond acceptors (Lipinski definition) is 9. The van der Waals surface area contributed by atoms with Gasteiger partial charge in [0.15, 0.2) is 11.6 Å². The third-order valence-electron chi connectivity index (χ3n) is 6.90. The highest BCUT2D eigenvalue weighted by atomic mass is 19.4. The van der Waals surface area contributed by atoms with Crippen molar-refractivity contribution < 1.29 is 22.4 Å². The van der Waals surface area contributed by atoms with Gasteiger partial charge in [0, 0.05) is 43.3 Å². The summed E-state index contributed by atoms with van der Waals surface area (Å²) in [5.74, 6) is 0.619. The van der Waals surface area contributed by atoms with Gasteiger partial charge in [-0.3, -0.25) is 14.4 Å². The summed E-state index contributed by atoms with van der Waals surface area (Å²) in [7, 11) is 1.79. The molecule has 0 saturated heterocycles. The summed E-state index contributed by atoms with van der Waals surface area (Å²) >= 11 is 0. The Morgan fingerprint density at radius 2 is 1.95 bits per heavy atom. The lowest BCUT2D eigenvalue weighted by molar-refractivity contribution is -0.147. The largest absolute Gasteiger partial charge is 0.442 e. The molecule has 1 aliphatic heterocycles. The van der Waals surface area contributed by atoms with Crippen LogP contribution in [0.1, 0.15) is 67.0 Å². The molecule has 216 valence electrons. The third kappa shape index (κ3) is 6.96. The normalized spacial score (nSPS) is 16.3. The van der Waals surface area contributed by atoms with Crippen molar-refractivity contribution >= 4 is 17.5 Å². The van der Waals surface area contributed by atoms with Gasteiger partial charge in [-0.25, -0.2) is 15.0 Å². The fourth-order valence-corrected chi connectivity index (χ4v) is 4.84. The number of nitrogens with one attached hydrogen (secondary N) is 1. The van der Waals surface area contributed by atoms with Gasteiger partial charge >= 0.3 is 6.18 Å². The number of Topliss-reactive ketones (excluding diaryl/α,β-unsaturated/α-hetero) is 1. The molecule has 0 saturated carbocycles. The number of alkyl halides is 3. The van der Waals surface area contributed by atoms with Gasteiger partial charge in [0.25, 0.3) is 5.89 Å². The van der Waals surface area contributed by atoms with Crippen LogP contribution in [-0.2, 0) is 19.0 Å². The number of carbonyl (C=O) groups excluding carboxylic acids is 1. The minimum atomic E-state index is -4.35. The molecule has 0 amide bonds.